The van der Waals surface area contributed by atoms with Crippen LogP contribution < -0.4 is 4.74 Å². The second kappa shape index (κ2) is 10.3. The number of hydrogen-bond donors (Lipinski definition) is 0. The van der Waals surface area contributed by atoms with Crippen LogP contribution in [-0.4, -0.2) is 0 Å². The van der Waals surface area contributed by atoms with E-state index in [0.717, 1.165) is 66.5 Å². The molecular weight excluding hydrogens is 633 g/mol. The summed E-state index contributed by atoms with van der Waals surface area (Å²) in [5.41, 5.74) is 8.66. The number of furan rings is 1. The minimum Gasteiger partial charge on any atom is -0.456 e. The highest BCUT2D eigenvalue weighted by Gasteiger charge is 2.25. The Morgan fingerprint density at radius 2 is 0.865 bits per heavy atom. The Labute approximate surface area is 298 Å². The van der Waals surface area contributed by atoms with E-state index >= 15 is 0 Å². The Morgan fingerprint density at radius 1 is 0.288 bits per heavy atom. The van der Waals surface area contributed by atoms with E-state index in [-0.39, 0.29) is 0 Å². The maximum atomic E-state index is 6.79. The van der Waals surface area contributed by atoms with Gasteiger partial charge in [-0.05, 0) is 119 Å². The molecule has 12 rings (SSSR count). The fourth-order valence-corrected chi connectivity index (χ4v) is 8.88. The number of ether oxygens (including phenoxy) is 1. The maximum Gasteiger partial charge on any atom is 0.136 e. The van der Waals surface area contributed by atoms with E-state index in [1.807, 2.05) is 0 Å². The minimum atomic E-state index is 0.857. The van der Waals surface area contributed by atoms with Crippen LogP contribution in [-0.2, 0) is 0 Å². The van der Waals surface area contributed by atoms with E-state index in [4.69, 9.17) is 9.15 Å². The summed E-state index contributed by atoms with van der Waals surface area (Å²) in [6.45, 7) is 0. The van der Waals surface area contributed by atoms with Crippen LogP contribution in [0.5, 0.6) is 11.5 Å². The van der Waals surface area contributed by atoms with Gasteiger partial charge in [-0.2, -0.15) is 0 Å². The lowest BCUT2D eigenvalue weighted by Gasteiger charge is -2.22. The van der Waals surface area contributed by atoms with Crippen LogP contribution in [0.2, 0.25) is 0 Å². The van der Waals surface area contributed by atoms with E-state index in [2.05, 4.69) is 170 Å². The fraction of sp³-hybridized carbons (Fsp3) is 0. The SMILES string of the molecule is c1ccc2c(c1)cc(-c1ccc3c(c1)Oc1cccc4c1c-3cc1oc3cc(-c5cc6ccccc6c6ccccc56)ccc3c14)c1ccccc12. The van der Waals surface area contributed by atoms with Gasteiger partial charge >= 0.3 is 0 Å². The van der Waals surface area contributed by atoms with E-state index in [0.29, 0.717) is 0 Å². The standard InChI is InChI=1S/C50H28O2/c1-3-12-33-29(10-1)24-42(37-16-7-5-14-35(33)37)31-20-22-39-44-28-48-49(41-18-9-19-45(50(41)44)51-46(39)26-31)40-23-21-32(27-47(40)52-48)43-25-30-11-2-4-13-34(30)36-15-6-8-17-38(36)43/h1-28H. The summed E-state index contributed by atoms with van der Waals surface area (Å²) >= 11 is 0. The second-order valence-corrected chi connectivity index (χ2v) is 14.0. The molecule has 10 aromatic carbocycles. The first-order valence-corrected chi connectivity index (χ1v) is 17.8. The van der Waals surface area contributed by atoms with Gasteiger partial charge in [0.1, 0.15) is 22.7 Å². The molecule has 2 nitrogen and oxygen atoms in total. The van der Waals surface area contributed by atoms with E-state index in [9.17, 15) is 0 Å². The molecule has 240 valence electrons. The minimum absolute atomic E-state index is 0.857. The molecule has 0 spiro atoms. The lowest BCUT2D eigenvalue weighted by molar-refractivity contribution is 0.487. The molecule has 0 amide bonds. The summed E-state index contributed by atoms with van der Waals surface area (Å²) in [4.78, 5) is 0. The second-order valence-electron chi connectivity index (χ2n) is 14.0. The molecule has 0 aliphatic carbocycles. The van der Waals surface area contributed by atoms with Gasteiger partial charge in [-0.25, -0.2) is 0 Å². The monoisotopic (exact) mass is 660 g/mol. The third-order valence-corrected chi connectivity index (χ3v) is 11.2. The number of rotatable bonds is 2. The number of hydrogen-bond acceptors (Lipinski definition) is 2. The van der Waals surface area contributed by atoms with Crippen molar-refractivity contribution in [3.63, 3.8) is 0 Å². The molecule has 0 radical (unpaired) electrons. The van der Waals surface area contributed by atoms with Crippen LogP contribution in [0.4, 0.5) is 0 Å². The summed E-state index contributed by atoms with van der Waals surface area (Å²) in [7, 11) is 0. The molecule has 2 heteroatoms. The molecule has 0 saturated carbocycles. The van der Waals surface area contributed by atoms with Gasteiger partial charge in [0.15, 0.2) is 0 Å². The first kappa shape index (κ1) is 27.9. The van der Waals surface area contributed by atoms with Gasteiger partial charge in [-0.1, -0.05) is 121 Å². The maximum absolute atomic E-state index is 6.79. The highest BCUT2D eigenvalue weighted by atomic mass is 16.5. The molecule has 0 unspecified atom stereocenters. The summed E-state index contributed by atoms with van der Waals surface area (Å²) in [5.74, 6) is 1.73. The van der Waals surface area contributed by atoms with Crippen molar-refractivity contribution in [2.75, 3.05) is 0 Å². The molecular formula is C50H28O2. The van der Waals surface area contributed by atoms with Gasteiger partial charge in [0.05, 0.1) is 0 Å². The topological polar surface area (TPSA) is 22.4 Å². The van der Waals surface area contributed by atoms with Crippen molar-refractivity contribution in [1.82, 2.24) is 0 Å². The van der Waals surface area contributed by atoms with Gasteiger partial charge in [0.2, 0.25) is 0 Å². The van der Waals surface area contributed by atoms with Crippen molar-refractivity contribution in [3.8, 4) is 44.9 Å². The highest BCUT2D eigenvalue weighted by molar-refractivity contribution is 6.25. The first-order valence-electron chi connectivity index (χ1n) is 17.8. The van der Waals surface area contributed by atoms with Crippen LogP contribution in [0.3, 0.4) is 0 Å². The van der Waals surface area contributed by atoms with Crippen LogP contribution in [0.1, 0.15) is 0 Å². The molecule has 1 aliphatic rings. The lowest BCUT2D eigenvalue weighted by Crippen LogP contribution is -1.98. The smallest absolute Gasteiger partial charge is 0.136 e. The molecule has 0 fully saturated rings. The summed E-state index contributed by atoms with van der Waals surface area (Å²) in [6, 6.07) is 61.2. The first-order chi connectivity index (χ1) is 25.8. The van der Waals surface area contributed by atoms with E-state index < -0.39 is 0 Å². The Hall–Kier alpha value is -6.90. The summed E-state index contributed by atoms with van der Waals surface area (Å²) in [5, 5.41) is 14.5. The van der Waals surface area contributed by atoms with Gasteiger partial charge in [0.25, 0.3) is 0 Å². The quantitative estimate of drug-likeness (QED) is 0.172. The molecule has 1 aromatic heterocycles. The molecule has 2 heterocycles. The lowest BCUT2D eigenvalue weighted by atomic mass is 9.89. The molecule has 0 atom stereocenters. The van der Waals surface area contributed by atoms with Crippen molar-refractivity contribution in [1.29, 1.82) is 0 Å². The zero-order valence-corrected chi connectivity index (χ0v) is 28.0. The summed E-state index contributed by atoms with van der Waals surface area (Å²) in [6.07, 6.45) is 0. The Bertz CT molecular complexity index is 3330. The molecule has 11 aromatic rings. The van der Waals surface area contributed by atoms with Crippen LogP contribution >= 0.6 is 0 Å². The molecule has 1 aliphatic heterocycles. The normalized spacial score (nSPS) is 12.4. The number of benzene rings is 10. The molecule has 0 N–H and O–H groups in total. The van der Waals surface area contributed by atoms with Gasteiger partial charge < -0.3 is 9.15 Å². The third kappa shape index (κ3) is 3.84. The van der Waals surface area contributed by atoms with Crippen LogP contribution in [0.25, 0.3) is 109 Å². The van der Waals surface area contributed by atoms with Gasteiger partial charge in [-0.15, -0.1) is 0 Å². The molecule has 0 bridgehead atoms. The number of fused-ring (bicyclic) bond motifs is 12. The van der Waals surface area contributed by atoms with Gasteiger partial charge in [-0.3, -0.25) is 0 Å². The average molecular weight is 661 g/mol. The Morgan fingerprint density at radius 3 is 1.56 bits per heavy atom. The largest absolute Gasteiger partial charge is 0.456 e. The van der Waals surface area contributed by atoms with Crippen molar-refractivity contribution in [2.24, 2.45) is 0 Å². The fourth-order valence-electron chi connectivity index (χ4n) is 8.88. The van der Waals surface area contributed by atoms with Crippen molar-refractivity contribution >= 4 is 75.8 Å². The van der Waals surface area contributed by atoms with E-state index in [1.165, 1.54) is 54.2 Å². The van der Waals surface area contributed by atoms with E-state index in [1.54, 1.807) is 0 Å². The van der Waals surface area contributed by atoms with Crippen LogP contribution in [0, 0.1) is 0 Å². The highest BCUT2D eigenvalue weighted by Crippen LogP contribution is 2.51. The Balaban J connectivity index is 1.05. The predicted octanol–water partition coefficient (Wildman–Crippen LogP) is 14.5. The van der Waals surface area contributed by atoms with Crippen LogP contribution in [0.15, 0.2) is 174 Å². The zero-order valence-electron chi connectivity index (χ0n) is 28.0. The molecule has 52 heavy (non-hydrogen) atoms. The van der Waals surface area contributed by atoms with Gasteiger partial charge in [0, 0.05) is 27.3 Å². The average Bonchev–Trinajstić information content (AvgIpc) is 3.58. The predicted molar refractivity (Wildman–Crippen MR) is 218 cm³/mol. The van der Waals surface area contributed by atoms with Crippen molar-refractivity contribution in [2.45, 2.75) is 0 Å². The Kier molecular flexibility index (Phi) is 5.53. The third-order valence-electron chi connectivity index (χ3n) is 11.2. The zero-order chi connectivity index (χ0) is 33.9. The van der Waals surface area contributed by atoms with Crippen molar-refractivity contribution in [3.05, 3.63) is 170 Å². The van der Waals surface area contributed by atoms with Crippen molar-refractivity contribution < 1.29 is 9.15 Å². The summed E-state index contributed by atoms with van der Waals surface area (Å²) < 4.78 is 13.6. The molecule has 0 saturated heterocycles.